The van der Waals surface area contributed by atoms with Gasteiger partial charge in [0.15, 0.2) is 5.96 Å². The van der Waals surface area contributed by atoms with Gasteiger partial charge in [0.2, 0.25) is 0 Å². The number of aliphatic imine (C=N–C) groups is 1. The van der Waals surface area contributed by atoms with E-state index in [9.17, 15) is 5.11 Å². The second kappa shape index (κ2) is 9.63. The number of thioether (sulfide) groups is 2. The lowest BCUT2D eigenvalue weighted by Gasteiger charge is -2.25. The first-order valence-electron chi connectivity index (χ1n) is 7.14. The summed E-state index contributed by atoms with van der Waals surface area (Å²) in [5.41, 5.74) is -0.589. The van der Waals surface area contributed by atoms with E-state index in [1.54, 1.807) is 0 Å². The highest BCUT2D eigenvalue weighted by Gasteiger charge is 2.31. The number of rotatable bonds is 4. The molecule has 7 heteroatoms. The van der Waals surface area contributed by atoms with Crippen LogP contribution >= 0.6 is 47.5 Å². The molecule has 2 fully saturated rings. The monoisotopic (exact) mass is 431 g/mol. The molecular formula is C13H26IN3OS2. The average Bonchev–Trinajstić information content (AvgIpc) is 2.85. The van der Waals surface area contributed by atoms with Gasteiger partial charge >= 0.3 is 0 Å². The summed E-state index contributed by atoms with van der Waals surface area (Å²) in [4.78, 5) is 4.58. The third-order valence-electron chi connectivity index (χ3n) is 3.46. The molecule has 0 spiro atoms. The van der Waals surface area contributed by atoms with Crippen LogP contribution in [-0.4, -0.2) is 58.8 Å². The lowest BCUT2D eigenvalue weighted by molar-refractivity contribution is 0.0778. The Balaban J connectivity index is 0.00000200. The molecule has 0 aromatic rings. The number of guanidine groups is 1. The summed E-state index contributed by atoms with van der Waals surface area (Å²) in [7, 11) is 0. The summed E-state index contributed by atoms with van der Waals surface area (Å²) in [6.07, 6.45) is 3.36. The highest BCUT2D eigenvalue weighted by atomic mass is 127. The van der Waals surface area contributed by atoms with Crippen LogP contribution in [0.3, 0.4) is 0 Å². The third-order valence-corrected chi connectivity index (χ3v) is 5.91. The number of hydrogen-bond acceptors (Lipinski definition) is 4. The molecule has 118 valence electrons. The van der Waals surface area contributed by atoms with Gasteiger partial charge in [0.1, 0.15) is 0 Å². The van der Waals surface area contributed by atoms with Crippen molar-refractivity contribution < 1.29 is 5.11 Å². The molecule has 2 aliphatic rings. The molecule has 2 saturated heterocycles. The first kappa shape index (κ1) is 18.7. The summed E-state index contributed by atoms with van der Waals surface area (Å²) in [5, 5.41) is 17.1. The van der Waals surface area contributed by atoms with Crippen molar-refractivity contribution in [3.8, 4) is 0 Å². The van der Waals surface area contributed by atoms with Crippen molar-refractivity contribution in [2.24, 2.45) is 4.99 Å². The molecule has 2 heterocycles. The maximum atomic E-state index is 10.3. The normalized spacial score (nSPS) is 30.7. The number of hydrogen-bond donors (Lipinski definition) is 3. The number of halogens is 1. The Labute approximate surface area is 147 Å². The van der Waals surface area contributed by atoms with Crippen molar-refractivity contribution in [2.45, 2.75) is 37.8 Å². The fourth-order valence-electron chi connectivity index (χ4n) is 2.32. The third kappa shape index (κ3) is 6.19. The minimum atomic E-state index is -0.589. The van der Waals surface area contributed by atoms with Gasteiger partial charge in [0.25, 0.3) is 0 Å². The summed E-state index contributed by atoms with van der Waals surface area (Å²) in [6.45, 7) is 3.45. The Morgan fingerprint density at radius 1 is 1.40 bits per heavy atom. The van der Waals surface area contributed by atoms with Crippen LogP contribution in [-0.2, 0) is 0 Å². The van der Waals surface area contributed by atoms with Crippen molar-refractivity contribution in [1.29, 1.82) is 0 Å². The van der Waals surface area contributed by atoms with Gasteiger partial charge in [0.05, 0.1) is 12.1 Å². The highest BCUT2D eigenvalue weighted by Crippen LogP contribution is 2.27. The van der Waals surface area contributed by atoms with Crippen molar-refractivity contribution in [2.75, 3.05) is 36.1 Å². The summed E-state index contributed by atoms with van der Waals surface area (Å²) in [5.74, 6) is 5.16. The largest absolute Gasteiger partial charge is 0.387 e. The molecule has 0 aromatic heterocycles. The molecule has 2 atom stereocenters. The Morgan fingerprint density at radius 2 is 2.25 bits per heavy atom. The maximum absolute atomic E-state index is 10.3. The summed E-state index contributed by atoms with van der Waals surface area (Å²) < 4.78 is 0. The SMILES string of the molecule is CCNC(=NCC1(O)CCSC1)NC1CCCSC1.I. The zero-order chi connectivity index (χ0) is 13.6. The van der Waals surface area contributed by atoms with Crippen LogP contribution in [0.25, 0.3) is 0 Å². The van der Waals surface area contributed by atoms with Gasteiger partial charge in [0, 0.05) is 24.1 Å². The summed E-state index contributed by atoms with van der Waals surface area (Å²) in [6, 6.07) is 0.518. The van der Waals surface area contributed by atoms with E-state index in [1.165, 1.54) is 18.6 Å². The topological polar surface area (TPSA) is 56.7 Å². The van der Waals surface area contributed by atoms with Crippen molar-refractivity contribution in [3.63, 3.8) is 0 Å². The van der Waals surface area contributed by atoms with E-state index >= 15 is 0 Å². The smallest absolute Gasteiger partial charge is 0.191 e. The average molecular weight is 431 g/mol. The van der Waals surface area contributed by atoms with Gasteiger partial charge < -0.3 is 15.7 Å². The van der Waals surface area contributed by atoms with Crippen LogP contribution in [0.5, 0.6) is 0 Å². The van der Waals surface area contributed by atoms with E-state index in [0.29, 0.717) is 12.6 Å². The minimum Gasteiger partial charge on any atom is -0.387 e. The maximum Gasteiger partial charge on any atom is 0.191 e. The molecule has 0 aliphatic carbocycles. The van der Waals surface area contributed by atoms with Crippen LogP contribution in [0.4, 0.5) is 0 Å². The molecule has 0 aromatic carbocycles. The van der Waals surface area contributed by atoms with E-state index < -0.39 is 5.60 Å². The van der Waals surface area contributed by atoms with Gasteiger partial charge in [-0.15, -0.1) is 24.0 Å². The molecule has 2 aliphatic heterocycles. The van der Waals surface area contributed by atoms with E-state index in [1.807, 2.05) is 23.5 Å². The minimum absolute atomic E-state index is 0. The molecular weight excluding hydrogens is 405 g/mol. The fraction of sp³-hybridized carbons (Fsp3) is 0.923. The van der Waals surface area contributed by atoms with Crippen molar-refractivity contribution >= 4 is 53.5 Å². The molecule has 2 unspecified atom stereocenters. The van der Waals surface area contributed by atoms with Crippen LogP contribution in [0.1, 0.15) is 26.2 Å². The quantitative estimate of drug-likeness (QED) is 0.361. The Kier molecular flexibility index (Phi) is 9.01. The van der Waals surface area contributed by atoms with Crippen molar-refractivity contribution in [3.05, 3.63) is 0 Å². The highest BCUT2D eigenvalue weighted by molar-refractivity contribution is 14.0. The van der Waals surface area contributed by atoms with E-state index in [2.05, 4.69) is 22.5 Å². The molecule has 4 nitrogen and oxygen atoms in total. The first-order chi connectivity index (χ1) is 9.22. The number of nitrogens with one attached hydrogen (secondary N) is 2. The van der Waals surface area contributed by atoms with E-state index in [0.717, 1.165) is 36.2 Å². The Hall–Kier alpha value is 0.660. The predicted octanol–water partition coefficient (Wildman–Crippen LogP) is 1.92. The van der Waals surface area contributed by atoms with E-state index in [4.69, 9.17) is 0 Å². The fourth-order valence-corrected chi connectivity index (χ4v) is 4.67. The van der Waals surface area contributed by atoms with Crippen LogP contribution in [0.2, 0.25) is 0 Å². The first-order valence-corrected chi connectivity index (χ1v) is 9.45. The second-order valence-electron chi connectivity index (χ2n) is 5.28. The summed E-state index contributed by atoms with van der Waals surface area (Å²) >= 11 is 3.83. The molecule has 0 radical (unpaired) electrons. The van der Waals surface area contributed by atoms with Crippen LogP contribution in [0.15, 0.2) is 4.99 Å². The molecule has 0 saturated carbocycles. The Bertz CT molecular complexity index is 306. The Morgan fingerprint density at radius 3 is 2.85 bits per heavy atom. The van der Waals surface area contributed by atoms with E-state index in [-0.39, 0.29) is 24.0 Å². The standard InChI is InChI=1S/C13H25N3OS2.HI/c1-2-14-12(16-11-4-3-6-18-8-11)15-9-13(17)5-7-19-10-13;/h11,17H,2-10H2,1H3,(H2,14,15,16);1H. The molecule has 3 N–H and O–H groups in total. The second-order valence-corrected chi connectivity index (χ2v) is 7.54. The lowest BCUT2D eigenvalue weighted by Crippen LogP contribution is -2.46. The zero-order valence-corrected chi connectivity index (χ0v) is 16.0. The molecule has 0 bridgehead atoms. The molecule has 20 heavy (non-hydrogen) atoms. The molecule has 2 rings (SSSR count). The van der Waals surface area contributed by atoms with Gasteiger partial charge in [-0.2, -0.15) is 23.5 Å². The number of nitrogens with zero attached hydrogens (tertiary/aromatic N) is 1. The van der Waals surface area contributed by atoms with Gasteiger partial charge in [-0.1, -0.05) is 0 Å². The van der Waals surface area contributed by atoms with Crippen LogP contribution in [0, 0.1) is 0 Å². The van der Waals surface area contributed by atoms with Crippen molar-refractivity contribution in [1.82, 2.24) is 10.6 Å². The number of aliphatic hydroxyl groups is 1. The van der Waals surface area contributed by atoms with Crippen LogP contribution < -0.4 is 10.6 Å². The lowest BCUT2D eigenvalue weighted by atomic mass is 10.0. The zero-order valence-electron chi connectivity index (χ0n) is 12.1. The van der Waals surface area contributed by atoms with Gasteiger partial charge in [-0.3, -0.25) is 4.99 Å². The molecule has 0 amide bonds. The van der Waals surface area contributed by atoms with Gasteiger partial charge in [-0.25, -0.2) is 0 Å². The van der Waals surface area contributed by atoms with Gasteiger partial charge in [-0.05, 0) is 37.7 Å². The predicted molar refractivity (Wildman–Crippen MR) is 102 cm³/mol.